The Kier molecular flexibility index (Phi) is 8.20. The Morgan fingerprint density at radius 1 is 1.19 bits per heavy atom. The van der Waals surface area contributed by atoms with Crippen LogP contribution in [0.2, 0.25) is 0 Å². The summed E-state index contributed by atoms with van der Waals surface area (Å²) in [5, 5.41) is 3.13. The van der Waals surface area contributed by atoms with Crippen molar-refractivity contribution in [2.24, 2.45) is 0 Å². The molecule has 0 aliphatic carbocycles. The van der Waals surface area contributed by atoms with Gasteiger partial charge in [-0.2, -0.15) is 11.8 Å². The van der Waals surface area contributed by atoms with Crippen molar-refractivity contribution in [1.82, 2.24) is 0 Å². The molecule has 0 atom stereocenters. The van der Waals surface area contributed by atoms with Crippen molar-refractivity contribution >= 4 is 35.0 Å². The van der Waals surface area contributed by atoms with Crippen molar-refractivity contribution in [3.63, 3.8) is 0 Å². The summed E-state index contributed by atoms with van der Waals surface area (Å²) in [6, 6.07) is 6.29. The van der Waals surface area contributed by atoms with Crippen LogP contribution in [0.1, 0.15) is 57.1 Å². The Morgan fingerprint density at radius 3 is 2.24 bits per heavy atom. The van der Waals surface area contributed by atoms with E-state index in [-0.39, 0.29) is 5.91 Å². The number of para-hydroxylation sites is 1. The monoisotopic (exact) mass is 327 g/mol. The van der Waals surface area contributed by atoms with Crippen molar-refractivity contribution in [2.45, 2.75) is 46.0 Å². The van der Waals surface area contributed by atoms with Crippen LogP contribution < -0.4 is 5.32 Å². The van der Waals surface area contributed by atoms with E-state index in [4.69, 9.17) is 11.6 Å². The van der Waals surface area contributed by atoms with E-state index in [2.05, 4.69) is 51.2 Å². The second-order valence-electron chi connectivity index (χ2n) is 5.76. The van der Waals surface area contributed by atoms with E-state index in [0.29, 0.717) is 23.5 Å². The lowest BCUT2D eigenvalue weighted by atomic mass is 9.92. The molecular formula is C17H26ClNOS. The van der Waals surface area contributed by atoms with Gasteiger partial charge >= 0.3 is 0 Å². The minimum atomic E-state index is 0.0737. The second-order valence-corrected chi connectivity index (χ2v) is 7.25. The summed E-state index contributed by atoms with van der Waals surface area (Å²) in [7, 11) is 0. The van der Waals surface area contributed by atoms with Gasteiger partial charge in [0.1, 0.15) is 0 Å². The van der Waals surface area contributed by atoms with Gasteiger partial charge in [-0.15, -0.1) is 11.6 Å². The van der Waals surface area contributed by atoms with Crippen LogP contribution in [-0.2, 0) is 4.79 Å². The summed E-state index contributed by atoms with van der Waals surface area (Å²) in [6.45, 7) is 8.63. The van der Waals surface area contributed by atoms with Gasteiger partial charge in [-0.1, -0.05) is 45.9 Å². The summed E-state index contributed by atoms with van der Waals surface area (Å²) in [6.07, 6.45) is 0.944. The molecule has 0 saturated carbocycles. The number of rotatable bonds is 8. The molecule has 1 aromatic rings. The average molecular weight is 328 g/mol. The molecule has 0 spiro atoms. The first-order valence-corrected chi connectivity index (χ1v) is 9.22. The molecule has 1 aromatic carbocycles. The van der Waals surface area contributed by atoms with Gasteiger partial charge in [0.05, 0.1) is 5.75 Å². The number of thioether (sulfide) groups is 1. The number of nitrogens with one attached hydrogen (secondary N) is 1. The third kappa shape index (κ3) is 5.91. The van der Waals surface area contributed by atoms with E-state index in [1.807, 2.05) is 0 Å². The minimum Gasteiger partial charge on any atom is -0.325 e. The number of halogens is 1. The lowest BCUT2D eigenvalue weighted by Crippen LogP contribution is -2.18. The van der Waals surface area contributed by atoms with E-state index in [9.17, 15) is 4.79 Å². The Labute approximate surface area is 138 Å². The number of anilines is 1. The number of carbonyl (C=O) groups excluding carboxylic acids is 1. The van der Waals surface area contributed by atoms with E-state index in [0.717, 1.165) is 17.9 Å². The molecule has 0 heterocycles. The highest BCUT2D eigenvalue weighted by atomic mass is 35.5. The Morgan fingerprint density at radius 2 is 1.76 bits per heavy atom. The Balaban J connectivity index is 2.82. The van der Waals surface area contributed by atoms with Crippen LogP contribution in [0.3, 0.4) is 0 Å². The summed E-state index contributed by atoms with van der Waals surface area (Å²) in [5.74, 6) is 2.93. The SMILES string of the molecule is CC(C)c1cccc(C(C)C)c1NC(=O)CSCCCCl. The zero-order chi connectivity index (χ0) is 15.8. The molecule has 0 saturated heterocycles. The molecule has 0 radical (unpaired) electrons. The van der Waals surface area contributed by atoms with Crippen molar-refractivity contribution in [2.75, 3.05) is 22.7 Å². The van der Waals surface area contributed by atoms with Crippen LogP contribution in [0.25, 0.3) is 0 Å². The first kappa shape index (κ1) is 18.4. The fourth-order valence-electron chi connectivity index (χ4n) is 2.19. The van der Waals surface area contributed by atoms with Gasteiger partial charge in [-0.05, 0) is 35.1 Å². The third-order valence-electron chi connectivity index (χ3n) is 3.29. The molecule has 2 nitrogen and oxygen atoms in total. The number of hydrogen-bond donors (Lipinski definition) is 1. The zero-order valence-corrected chi connectivity index (χ0v) is 15.0. The highest BCUT2D eigenvalue weighted by Gasteiger charge is 2.15. The second kappa shape index (κ2) is 9.37. The van der Waals surface area contributed by atoms with Gasteiger partial charge in [0.15, 0.2) is 0 Å². The van der Waals surface area contributed by atoms with Gasteiger partial charge < -0.3 is 5.32 Å². The summed E-state index contributed by atoms with van der Waals surface area (Å²) in [5.41, 5.74) is 3.42. The predicted molar refractivity (Wildman–Crippen MR) is 95.9 cm³/mol. The summed E-state index contributed by atoms with van der Waals surface area (Å²) >= 11 is 7.28. The first-order chi connectivity index (χ1) is 9.97. The van der Waals surface area contributed by atoms with Gasteiger partial charge in [0.25, 0.3) is 0 Å². The Bertz CT molecular complexity index is 434. The van der Waals surface area contributed by atoms with Gasteiger partial charge in [-0.3, -0.25) is 4.79 Å². The van der Waals surface area contributed by atoms with Gasteiger partial charge in [0, 0.05) is 11.6 Å². The van der Waals surface area contributed by atoms with Crippen LogP contribution in [0.4, 0.5) is 5.69 Å². The molecule has 118 valence electrons. The fourth-order valence-corrected chi connectivity index (χ4v) is 3.23. The number of carbonyl (C=O) groups is 1. The number of hydrogen-bond acceptors (Lipinski definition) is 2. The van der Waals surface area contributed by atoms with E-state index < -0.39 is 0 Å². The van der Waals surface area contributed by atoms with Gasteiger partial charge in [0.2, 0.25) is 5.91 Å². The van der Waals surface area contributed by atoms with Crippen molar-refractivity contribution < 1.29 is 4.79 Å². The van der Waals surface area contributed by atoms with E-state index in [1.54, 1.807) is 11.8 Å². The molecule has 21 heavy (non-hydrogen) atoms. The van der Waals surface area contributed by atoms with Crippen LogP contribution in [0, 0.1) is 0 Å². The number of alkyl halides is 1. The maximum atomic E-state index is 12.2. The van der Waals surface area contributed by atoms with E-state index >= 15 is 0 Å². The maximum Gasteiger partial charge on any atom is 0.234 e. The van der Waals surface area contributed by atoms with Crippen LogP contribution in [-0.4, -0.2) is 23.3 Å². The minimum absolute atomic E-state index is 0.0737. The topological polar surface area (TPSA) is 29.1 Å². The molecule has 0 fully saturated rings. The lowest BCUT2D eigenvalue weighted by molar-refractivity contribution is -0.113. The molecule has 1 N–H and O–H groups in total. The normalized spacial score (nSPS) is 11.2. The molecular weight excluding hydrogens is 302 g/mol. The highest BCUT2D eigenvalue weighted by Crippen LogP contribution is 2.32. The lowest BCUT2D eigenvalue weighted by Gasteiger charge is -2.20. The molecule has 0 aliphatic rings. The van der Waals surface area contributed by atoms with Crippen LogP contribution >= 0.6 is 23.4 Å². The molecule has 0 aliphatic heterocycles. The van der Waals surface area contributed by atoms with Crippen LogP contribution in [0.5, 0.6) is 0 Å². The standard InChI is InChI=1S/C17H26ClNOS/c1-12(2)14-7-5-8-15(13(3)4)17(14)19-16(20)11-21-10-6-9-18/h5,7-8,12-13H,6,9-11H2,1-4H3,(H,19,20). The molecule has 1 amide bonds. The smallest absolute Gasteiger partial charge is 0.234 e. The van der Waals surface area contributed by atoms with Gasteiger partial charge in [-0.25, -0.2) is 0 Å². The van der Waals surface area contributed by atoms with Crippen molar-refractivity contribution in [3.05, 3.63) is 29.3 Å². The highest BCUT2D eigenvalue weighted by molar-refractivity contribution is 7.99. The number of amides is 1. The maximum absolute atomic E-state index is 12.2. The molecule has 0 unspecified atom stereocenters. The van der Waals surface area contributed by atoms with E-state index in [1.165, 1.54) is 11.1 Å². The fraction of sp³-hybridized carbons (Fsp3) is 0.588. The molecule has 4 heteroatoms. The summed E-state index contributed by atoms with van der Waals surface area (Å²) in [4.78, 5) is 12.2. The third-order valence-corrected chi connectivity index (χ3v) is 4.60. The summed E-state index contributed by atoms with van der Waals surface area (Å²) < 4.78 is 0. The largest absolute Gasteiger partial charge is 0.325 e. The van der Waals surface area contributed by atoms with Crippen molar-refractivity contribution in [1.29, 1.82) is 0 Å². The average Bonchev–Trinajstić information content (AvgIpc) is 2.43. The number of benzene rings is 1. The predicted octanol–water partition coefficient (Wildman–Crippen LogP) is 5.23. The quantitative estimate of drug-likeness (QED) is 0.523. The molecule has 0 aromatic heterocycles. The van der Waals surface area contributed by atoms with Crippen molar-refractivity contribution in [3.8, 4) is 0 Å². The first-order valence-electron chi connectivity index (χ1n) is 7.53. The Hall–Kier alpha value is -0.670. The zero-order valence-electron chi connectivity index (χ0n) is 13.4. The molecule has 1 rings (SSSR count). The molecule has 0 bridgehead atoms. The van der Waals surface area contributed by atoms with Crippen LogP contribution in [0.15, 0.2) is 18.2 Å².